The van der Waals surface area contributed by atoms with Gasteiger partial charge in [0.1, 0.15) is 0 Å². The van der Waals surface area contributed by atoms with Crippen molar-refractivity contribution in [3.8, 4) is 0 Å². The summed E-state index contributed by atoms with van der Waals surface area (Å²) in [6, 6.07) is 10.7. The van der Waals surface area contributed by atoms with Crippen LogP contribution in [0, 0.1) is 0 Å². The lowest BCUT2D eigenvalue weighted by Crippen LogP contribution is -2.59. The Labute approximate surface area is 127 Å². The Morgan fingerprint density at radius 2 is 2.00 bits per heavy atom. The van der Waals surface area contributed by atoms with Gasteiger partial charge >= 0.3 is 0 Å². The van der Waals surface area contributed by atoms with Crippen molar-refractivity contribution in [1.29, 1.82) is 0 Å². The maximum absolute atomic E-state index is 6.09. The number of hydrogen-bond acceptors (Lipinski definition) is 4. The highest BCUT2D eigenvalue weighted by Gasteiger charge is 2.33. The van der Waals surface area contributed by atoms with Crippen molar-refractivity contribution in [2.24, 2.45) is 5.73 Å². The molecule has 1 unspecified atom stereocenters. The molecule has 0 radical (unpaired) electrons. The highest BCUT2D eigenvalue weighted by atomic mass is 16.5. The molecule has 2 heterocycles. The molecular formula is C17H27N3O. The van der Waals surface area contributed by atoms with E-state index in [1.807, 2.05) is 0 Å². The van der Waals surface area contributed by atoms with Crippen LogP contribution < -0.4 is 16.0 Å². The molecule has 2 aliphatic rings. The maximum atomic E-state index is 6.09. The molecule has 21 heavy (non-hydrogen) atoms. The molecule has 0 aromatic heterocycles. The summed E-state index contributed by atoms with van der Waals surface area (Å²) in [6.45, 7) is 4.72. The summed E-state index contributed by atoms with van der Waals surface area (Å²) in [5.41, 5.74) is 7.50. The molecule has 0 spiro atoms. The number of para-hydroxylation sites is 1. The van der Waals surface area contributed by atoms with E-state index in [1.165, 1.54) is 18.5 Å². The molecule has 4 heteroatoms. The second kappa shape index (κ2) is 6.77. The summed E-state index contributed by atoms with van der Waals surface area (Å²) >= 11 is 0. The van der Waals surface area contributed by atoms with Gasteiger partial charge in [0.15, 0.2) is 0 Å². The summed E-state index contributed by atoms with van der Waals surface area (Å²) in [7, 11) is 0. The lowest BCUT2D eigenvalue weighted by Gasteiger charge is -2.43. The number of nitrogens with one attached hydrogen (secondary N) is 1. The van der Waals surface area contributed by atoms with Crippen LogP contribution in [0.2, 0.25) is 0 Å². The standard InChI is InChI=1S/C17H27N3O/c18-14-17(19-13-16-7-4-12-21-16)8-10-20(11-9-17)15-5-2-1-3-6-15/h1-3,5-6,16,19H,4,7-14,18H2. The zero-order valence-electron chi connectivity index (χ0n) is 12.8. The van der Waals surface area contributed by atoms with Gasteiger partial charge in [-0.25, -0.2) is 0 Å². The van der Waals surface area contributed by atoms with E-state index in [4.69, 9.17) is 10.5 Å². The van der Waals surface area contributed by atoms with Crippen LogP contribution in [0.5, 0.6) is 0 Å². The number of anilines is 1. The van der Waals surface area contributed by atoms with Crippen molar-refractivity contribution < 1.29 is 4.74 Å². The topological polar surface area (TPSA) is 50.5 Å². The molecule has 1 aromatic carbocycles. The third-order valence-corrected chi connectivity index (χ3v) is 4.96. The van der Waals surface area contributed by atoms with Crippen LogP contribution in [0.15, 0.2) is 30.3 Å². The van der Waals surface area contributed by atoms with Gasteiger partial charge in [0.2, 0.25) is 0 Å². The number of rotatable bonds is 5. The Morgan fingerprint density at radius 1 is 1.24 bits per heavy atom. The first-order valence-electron chi connectivity index (χ1n) is 8.18. The van der Waals surface area contributed by atoms with Crippen molar-refractivity contribution in [1.82, 2.24) is 5.32 Å². The molecule has 3 N–H and O–H groups in total. The van der Waals surface area contributed by atoms with Crippen LogP contribution in [0.25, 0.3) is 0 Å². The van der Waals surface area contributed by atoms with E-state index < -0.39 is 0 Å². The Balaban J connectivity index is 1.54. The van der Waals surface area contributed by atoms with E-state index >= 15 is 0 Å². The lowest BCUT2D eigenvalue weighted by atomic mass is 9.87. The molecule has 116 valence electrons. The average Bonchev–Trinajstić information content (AvgIpc) is 3.08. The normalized spacial score (nSPS) is 25.2. The minimum atomic E-state index is 0.0945. The van der Waals surface area contributed by atoms with Crippen LogP contribution >= 0.6 is 0 Å². The van der Waals surface area contributed by atoms with Crippen LogP contribution in [0.1, 0.15) is 25.7 Å². The van der Waals surface area contributed by atoms with Crippen molar-refractivity contribution >= 4 is 5.69 Å². The first kappa shape index (κ1) is 14.8. The van der Waals surface area contributed by atoms with Gasteiger partial charge in [0, 0.05) is 44.0 Å². The van der Waals surface area contributed by atoms with Crippen molar-refractivity contribution in [2.75, 3.05) is 37.7 Å². The predicted octanol–water partition coefficient (Wildman–Crippen LogP) is 1.75. The van der Waals surface area contributed by atoms with Crippen molar-refractivity contribution in [3.05, 3.63) is 30.3 Å². The van der Waals surface area contributed by atoms with Gasteiger partial charge in [0.25, 0.3) is 0 Å². The molecule has 0 bridgehead atoms. The van der Waals surface area contributed by atoms with Crippen LogP contribution in [0.3, 0.4) is 0 Å². The van der Waals surface area contributed by atoms with E-state index in [-0.39, 0.29) is 5.54 Å². The minimum Gasteiger partial charge on any atom is -0.377 e. The third-order valence-electron chi connectivity index (χ3n) is 4.96. The fourth-order valence-electron chi connectivity index (χ4n) is 3.42. The second-order valence-corrected chi connectivity index (χ2v) is 6.32. The van der Waals surface area contributed by atoms with Crippen LogP contribution in [-0.2, 0) is 4.74 Å². The summed E-state index contributed by atoms with van der Waals surface area (Å²) in [6.07, 6.45) is 4.98. The van der Waals surface area contributed by atoms with Crippen LogP contribution in [0.4, 0.5) is 5.69 Å². The van der Waals surface area contributed by atoms with Gasteiger partial charge < -0.3 is 20.7 Å². The predicted molar refractivity (Wildman–Crippen MR) is 86.7 cm³/mol. The first-order valence-corrected chi connectivity index (χ1v) is 8.18. The van der Waals surface area contributed by atoms with Gasteiger partial charge in [0.05, 0.1) is 6.10 Å². The fraction of sp³-hybridized carbons (Fsp3) is 0.647. The van der Waals surface area contributed by atoms with E-state index in [0.717, 1.165) is 39.1 Å². The summed E-state index contributed by atoms with van der Waals surface area (Å²) in [5.74, 6) is 0. The quantitative estimate of drug-likeness (QED) is 0.867. The average molecular weight is 289 g/mol. The Morgan fingerprint density at radius 3 is 2.62 bits per heavy atom. The Kier molecular flexibility index (Phi) is 4.78. The van der Waals surface area contributed by atoms with E-state index in [1.54, 1.807) is 0 Å². The highest BCUT2D eigenvalue weighted by Crippen LogP contribution is 2.26. The van der Waals surface area contributed by atoms with Gasteiger partial charge in [-0.05, 0) is 37.8 Å². The molecule has 0 amide bonds. The van der Waals surface area contributed by atoms with Crippen molar-refractivity contribution in [2.45, 2.75) is 37.3 Å². The third kappa shape index (κ3) is 3.57. The minimum absolute atomic E-state index is 0.0945. The molecule has 1 aromatic rings. The number of nitrogens with zero attached hydrogens (tertiary/aromatic N) is 1. The van der Waals surface area contributed by atoms with Gasteiger partial charge in [-0.15, -0.1) is 0 Å². The molecule has 1 atom stereocenters. The Bertz CT molecular complexity index is 423. The SMILES string of the molecule is NCC1(NCC2CCCO2)CCN(c2ccccc2)CC1. The van der Waals surface area contributed by atoms with Gasteiger partial charge in [-0.1, -0.05) is 18.2 Å². The summed E-state index contributed by atoms with van der Waals surface area (Å²) in [4.78, 5) is 2.46. The molecular weight excluding hydrogens is 262 g/mol. The molecule has 2 aliphatic heterocycles. The highest BCUT2D eigenvalue weighted by molar-refractivity contribution is 5.46. The Hall–Kier alpha value is -1.10. The lowest BCUT2D eigenvalue weighted by molar-refractivity contribution is 0.0976. The zero-order chi connectivity index (χ0) is 14.5. The number of piperidine rings is 1. The molecule has 2 fully saturated rings. The summed E-state index contributed by atoms with van der Waals surface area (Å²) in [5, 5.41) is 3.72. The molecule has 0 saturated carbocycles. The number of ether oxygens (including phenoxy) is 1. The van der Waals surface area contributed by atoms with E-state index in [0.29, 0.717) is 12.6 Å². The number of hydrogen-bond donors (Lipinski definition) is 2. The maximum Gasteiger partial charge on any atom is 0.0700 e. The van der Waals surface area contributed by atoms with E-state index in [9.17, 15) is 0 Å². The number of nitrogens with two attached hydrogens (primary N) is 1. The fourth-order valence-corrected chi connectivity index (χ4v) is 3.42. The molecule has 0 aliphatic carbocycles. The largest absolute Gasteiger partial charge is 0.377 e. The van der Waals surface area contributed by atoms with Crippen molar-refractivity contribution in [3.63, 3.8) is 0 Å². The van der Waals surface area contributed by atoms with Crippen LogP contribution in [-0.4, -0.2) is 44.4 Å². The molecule has 4 nitrogen and oxygen atoms in total. The zero-order valence-corrected chi connectivity index (χ0v) is 12.8. The number of benzene rings is 1. The second-order valence-electron chi connectivity index (χ2n) is 6.32. The molecule has 3 rings (SSSR count). The summed E-state index contributed by atoms with van der Waals surface area (Å²) < 4.78 is 5.71. The van der Waals surface area contributed by atoms with Gasteiger partial charge in [-0.2, -0.15) is 0 Å². The van der Waals surface area contributed by atoms with Gasteiger partial charge in [-0.3, -0.25) is 0 Å². The molecule has 2 saturated heterocycles. The smallest absolute Gasteiger partial charge is 0.0700 e. The monoisotopic (exact) mass is 289 g/mol. The first-order chi connectivity index (χ1) is 10.3. The van der Waals surface area contributed by atoms with E-state index in [2.05, 4.69) is 40.5 Å².